The monoisotopic (exact) mass is 382 g/mol. The van der Waals surface area contributed by atoms with Gasteiger partial charge in [0.05, 0.1) is 0 Å². The summed E-state index contributed by atoms with van der Waals surface area (Å²) in [4.78, 5) is 27.0. The molecule has 3 fully saturated rings. The lowest BCUT2D eigenvalue weighted by Gasteiger charge is -2.36. The minimum atomic E-state index is 0.0110. The van der Waals surface area contributed by atoms with Crippen LogP contribution in [0.15, 0.2) is 36.4 Å². The first-order valence-electron chi connectivity index (χ1n) is 10.5. The third-order valence-corrected chi connectivity index (χ3v) is 6.39. The van der Waals surface area contributed by atoms with E-state index in [1.807, 2.05) is 41.3 Å². The number of hydrazine groups is 1. The van der Waals surface area contributed by atoms with Crippen molar-refractivity contribution >= 4 is 17.9 Å². The highest BCUT2D eigenvalue weighted by molar-refractivity contribution is 5.92. The third kappa shape index (κ3) is 4.45. The van der Waals surface area contributed by atoms with Gasteiger partial charge in [-0.05, 0) is 43.2 Å². The molecule has 0 aromatic heterocycles. The van der Waals surface area contributed by atoms with Gasteiger partial charge in [-0.1, -0.05) is 36.8 Å². The Morgan fingerprint density at radius 2 is 1.86 bits per heavy atom. The number of rotatable bonds is 4. The Hall–Kier alpha value is -2.18. The Bertz CT molecular complexity index is 713. The predicted octanol–water partition coefficient (Wildman–Crippen LogP) is 1.70. The number of piperidine rings is 1. The van der Waals surface area contributed by atoms with Gasteiger partial charge in [-0.2, -0.15) is 0 Å². The minimum Gasteiger partial charge on any atom is -0.351 e. The van der Waals surface area contributed by atoms with Crippen molar-refractivity contribution < 1.29 is 9.59 Å². The van der Waals surface area contributed by atoms with Crippen LogP contribution in [-0.2, 0) is 9.59 Å². The van der Waals surface area contributed by atoms with Crippen molar-refractivity contribution in [1.82, 2.24) is 21.1 Å². The second-order valence-corrected chi connectivity index (χ2v) is 8.20. The summed E-state index contributed by atoms with van der Waals surface area (Å²) < 4.78 is 0. The number of nitrogens with zero attached hydrogens (tertiary/aromatic N) is 1. The summed E-state index contributed by atoms with van der Waals surface area (Å²) in [6.07, 6.45) is 8.42. The standard InChI is InChI=1S/C22H30N4O2/c27-20(10-9-16-5-2-1-3-6-16)26-13-11-17(12-14-26)22(28)24-19-8-4-7-18-15-23-25-21(18)19/h1-3,5-6,9-10,17-19,21,23,25H,4,7-8,11-15H2,(H,24,28)/b10-9+. The molecule has 2 saturated heterocycles. The summed E-state index contributed by atoms with van der Waals surface area (Å²) in [5.74, 6) is 0.817. The summed E-state index contributed by atoms with van der Waals surface area (Å²) in [5.41, 5.74) is 7.60. The normalized spacial score (nSPS) is 28.3. The first kappa shape index (κ1) is 19.2. The van der Waals surface area contributed by atoms with Crippen LogP contribution in [0.1, 0.15) is 37.7 Å². The van der Waals surface area contributed by atoms with Crippen molar-refractivity contribution in [2.24, 2.45) is 11.8 Å². The van der Waals surface area contributed by atoms with E-state index in [0.717, 1.165) is 31.4 Å². The number of amides is 2. The minimum absolute atomic E-state index is 0.0110. The fourth-order valence-electron chi connectivity index (χ4n) is 4.70. The molecule has 28 heavy (non-hydrogen) atoms. The maximum atomic E-state index is 12.8. The molecule has 6 nitrogen and oxygen atoms in total. The number of carbonyl (C=O) groups is 2. The van der Waals surface area contributed by atoms with Gasteiger partial charge in [0.25, 0.3) is 0 Å². The Labute approximate surface area is 166 Å². The summed E-state index contributed by atoms with van der Waals surface area (Å²) in [6.45, 7) is 2.28. The Kier molecular flexibility index (Phi) is 6.07. The van der Waals surface area contributed by atoms with Crippen LogP contribution < -0.4 is 16.2 Å². The molecular weight excluding hydrogens is 352 g/mol. The van der Waals surface area contributed by atoms with Gasteiger partial charge in [0, 0.05) is 43.7 Å². The molecule has 2 aliphatic heterocycles. The molecule has 0 radical (unpaired) electrons. The summed E-state index contributed by atoms with van der Waals surface area (Å²) in [7, 11) is 0. The Morgan fingerprint density at radius 1 is 1.07 bits per heavy atom. The number of hydrogen-bond donors (Lipinski definition) is 3. The van der Waals surface area contributed by atoms with Crippen LogP contribution in [0, 0.1) is 11.8 Å². The zero-order valence-corrected chi connectivity index (χ0v) is 16.3. The van der Waals surface area contributed by atoms with E-state index >= 15 is 0 Å². The van der Waals surface area contributed by atoms with Crippen LogP contribution in [0.2, 0.25) is 0 Å². The SMILES string of the molecule is O=C(NC1CCCC2CNNC21)C1CCN(C(=O)/C=C/c2ccccc2)CC1. The van der Waals surface area contributed by atoms with Gasteiger partial charge in [0.1, 0.15) is 0 Å². The van der Waals surface area contributed by atoms with Gasteiger partial charge in [0.15, 0.2) is 0 Å². The largest absolute Gasteiger partial charge is 0.351 e. The molecule has 3 unspecified atom stereocenters. The lowest BCUT2D eigenvalue weighted by molar-refractivity contribution is -0.132. The fraction of sp³-hybridized carbons (Fsp3) is 0.545. The molecule has 1 aromatic carbocycles. The van der Waals surface area contributed by atoms with Gasteiger partial charge in [-0.25, -0.2) is 0 Å². The van der Waals surface area contributed by atoms with Crippen LogP contribution >= 0.6 is 0 Å². The summed E-state index contributed by atoms with van der Waals surface area (Å²) in [5, 5.41) is 3.29. The van der Waals surface area contributed by atoms with Gasteiger partial charge in [0.2, 0.25) is 11.8 Å². The van der Waals surface area contributed by atoms with E-state index in [4.69, 9.17) is 0 Å². The molecule has 3 atom stereocenters. The van der Waals surface area contributed by atoms with Crippen LogP contribution in [-0.4, -0.2) is 48.4 Å². The van der Waals surface area contributed by atoms with E-state index in [1.165, 1.54) is 12.8 Å². The average molecular weight is 383 g/mol. The van der Waals surface area contributed by atoms with Crippen molar-refractivity contribution in [2.45, 2.75) is 44.2 Å². The van der Waals surface area contributed by atoms with Crippen molar-refractivity contribution in [1.29, 1.82) is 0 Å². The number of fused-ring (bicyclic) bond motifs is 1. The highest BCUT2D eigenvalue weighted by atomic mass is 16.2. The molecule has 6 heteroatoms. The van der Waals surface area contributed by atoms with Gasteiger partial charge >= 0.3 is 0 Å². The molecule has 2 amide bonds. The summed E-state index contributed by atoms with van der Waals surface area (Å²) in [6, 6.07) is 10.4. The number of likely N-dealkylation sites (tertiary alicyclic amines) is 1. The maximum absolute atomic E-state index is 12.8. The molecule has 1 saturated carbocycles. The zero-order valence-electron chi connectivity index (χ0n) is 16.3. The van der Waals surface area contributed by atoms with Crippen LogP contribution in [0.4, 0.5) is 0 Å². The number of carbonyl (C=O) groups excluding carboxylic acids is 2. The average Bonchev–Trinajstić information content (AvgIpc) is 3.23. The van der Waals surface area contributed by atoms with Crippen LogP contribution in [0.5, 0.6) is 0 Å². The van der Waals surface area contributed by atoms with Crippen molar-refractivity contribution in [3.05, 3.63) is 42.0 Å². The second-order valence-electron chi connectivity index (χ2n) is 8.20. The highest BCUT2D eigenvalue weighted by Crippen LogP contribution is 2.27. The summed E-state index contributed by atoms with van der Waals surface area (Å²) >= 11 is 0. The first-order chi connectivity index (χ1) is 13.7. The molecule has 3 N–H and O–H groups in total. The molecule has 0 spiro atoms. The van der Waals surface area contributed by atoms with Crippen molar-refractivity contribution in [3.8, 4) is 0 Å². The lowest BCUT2D eigenvalue weighted by Crippen LogP contribution is -2.54. The highest BCUT2D eigenvalue weighted by Gasteiger charge is 2.38. The molecule has 2 heterocycles. The number of hydrogen-bond acceptors (Lipinski definition) is 4. The first-order valence-corrected chi connectivity index (χ1v) is 10.5. The molecule has 1 aromatic rings. The number of benzene rings is 1. The molecule has 1 aliphatic carbocycles. The van der Waals surface area contributed by atoms with Crippen molar-refractivity contribution in [2.75, 3.05) is 19.6 Å². The molecule has 0 bridgehead atoms. The van der Waals surface area contributed by atoms with Crippen molar-refractivity contribution in [3.63, 3.8) is 0 Å². The molecule has 4 rings (SSSR count). The Balaban J connectivity index is 1.25. The van der Waals surface area contributed by atoms with E-state index in [0.29, 0.717) is 25.0 Å². The van der Waals surface area contributed by atoms with Gasteiger partial charge in [-0.15, -0.1) is 0 Å². The van der Waals surface area contributed by atoms with E-state index in [-0.39, 0.29) is 23.8 Å². The molecule has 3 aliphatic rings. The van der Waals surface area contributed by atoms with E-state index < -0.39 is 0 Å². The van der Waals surface area contributed by atoms with Crippen LogP contribution in [0.25, 0.3) is 6.08 Å². The molecular formula is C22H30N4O2. The van der Waals surface area contributed by atoms with E-state index in [9.17, 15) is 9.59 Å². The van der Waals surface area contributed by atoms with Gasteiger partial charge < -0.3 is 10.2 Å². The third-order valence-electron chi connectivity index (χ3n) is 6.39. The second kappa shape index (κ2) is 8.88. The van der Waals surface area contributed by atoms with Crippen LogP contribution in [0.3, 0.4) is 0 Å². The van der Waals surface area contributed by atoms with E-state index in [2.05, 4.69) is 16.2 Å². The fourth-order valence-corrected chi connectivity index (χ4v) is 4.70. The Morgan fingerprint density at radius 3 is 2.64 bits per heavy atom. The van der Waals surface area contributed by atoms with E-state index in [1.54, 1.807) is 6.08 Å². The number of nitrogens with one attached hydrogen (secondary N) is 3. The predicted molar refractivity (Wildman–Crippen MR) is 109 cm³/mol. The quantitative estimate of drug-likeness (QED) is 0.693. The van der Waals surface area contributed by atoms with Gasteiger partial charge in [-0.3, -0.25) is 20.4 Å². The topological polar surface area (TPSA) is 73.5 Å². The smallest absolute Gasteiger partial charge is 0.246 e. The molecule has 150 valence electrons. The maximum Gasteiger partial charge on any atom is 0.246 e. The lowest BCUT2D eigenvalue weighted by atomic mass is 9.82. The zero-order chi connectivity index (χ0) is 19.3.